The molecule has 1 N–H and O–H groups in total. The maximum atomic E-state index is 12.7. The highest BCUT2D eigenvalue weighted by Gasteiger charge is 2.20. The van der Waals surface area contributed by atoms with E-state index < -0.39 is 5.56 Å². The molecule has 0 aliphatic carbocycles. The van der Waals surface area contributed by atoms with Gasteiger partial charge in [0.15, 0.2) is 0 Å². The number of morpholine rings is 1. The molecule has 3 heterocycles. The van der Waals surface area contributed by atoms with Crippen molar-refractivity contribution in [1.29, 1.82) is 0 Å². The molecule has 0 spiro atoms. The minimum Gasteiger partial charge on any atom is -0.494 e. The van der Waals surface area contributed by atoms with Crippen LogP contribution < -0.4 is 20.5 Å². The number of fused-ring (bicyclic) bond motifs is 1. The summed E-state index contributed by atoms with van der Waals surface area (Å²) in [6, 6.07) is 8.70. The molecular formula is C19H21N5O4S. The van der Waals surface area contributed by atoms with Crippen molar-refractivity contribution >= 4 is 27.3 Å². The monoisotopic (exact) mass is 415 g/mol. The van der Waals surface area contributed by atoms with E-state index in [2.05, 4.69) is 20.3 Å². The molecule has 0 saturated carbocycles. The van der Waals surface area contributed by atoms with Crippen molar-refractivity contribution in [3.8, 4) is 5.75 Å². The van der Waals surface area contributed by atoms with Gasteiger partial charge in [-0.3, -0.25) is 9.59 Å². The van der Waals surface area contributed by atoms with Gasteiger partial charge in [0, 0.05) is 25.7 Å². The molecule has 1 amide bonds. The van der Waals surface area contributed by atoms with Gasteiger partial charge in [0.1, 0.15) is 11.4 Å². The quantitative estimate of drug-likeness (QED) is 0.648. The average Bonchev–Trinajstić information content (AvgIpc) is 3.17. The minimum atomic E-state index is -0.464. The average molecular weight is 415 g/mol. The van der Waals surface area contributed by atoms with Crippen LogP contribution in [0.25, 0.3) is 4.96 Å². The first kappa shape index (κ1) is 19.3. The molecule has 1 saturated heterocycles. The van der Waals surface area contributed by atoms with E-state index in [0.29, 0.717) is 49.5 Å². The lowest BCUT2D eigenvalue weighted by Crippen LogP contribution is -2.36. The number of nitrogens with zero attached hydrogens (tertiary/aromatic N) is 4. The van der Waals surface area contributed by atoms with E-state index in [4.69, 9.17) is 9.47 Å². The van der Waals surface area contributed by atoms with E-state index in [1.807, 2.05) is 31.2 Å². The standard InChI is InChI=1S/C19H21N5O4S/c1-2-28-14-5-3-13(4-6-14)12-20-17(26)15-11-16(25)21-18-24(15)22-19(29-18)23-7-9-27-10-8-23/h3-6,11H,2,7-10,12H2,1H3,(H,20,26). The molecule has 2 aromatic heterocycles. The summed E-state index contributed by atoms with van der Waals surface area (Å²) < 4.78 is 12.2. The van der Waals surface area contributed by atoms with Gasteiger partial charge in [0.2, 0.25) is 10.1 Å². The molecule has 10 heteroatoms. The first-order valence-electron chi connectivity index (χ1n) is 9.37. The summed E-state index contributed by atoms with van der Waals surface area (Å²) in [5.41, 5.74) is 0.627. The molecule has 29 heavy (non-hydrogen) atoms. The Morgan fingerprint density at radius 1 is 1.28 bits per heavy atom. The topological polar surface area (TPSA) is 98.1 Å². The lowest BCUT2D eigenvalue weighted by atomic mass is 10.2. The van der Waals surface area contributed by atoms with Gasteiger partial charge in [0.25, 0.3) is 11.5 Å². The zero-order valence-electron chi connectivity index (χ0n) is 16.0. The fourth-order valence-electron chi connectivity index (χ4n) is 2.99. The summed E-state index contributed by atoms with van der Waals surface area (Å²) >= 11 is 1.29. The van der Waals surface area contributed by atoms with Gasteiger partial charge in [-0.05, 0) is 24.6 Å². The predicted octanol–water partition coefficient (Wildman–Crippen LogP) is 1.32. The normalized spacial score (nSPS) is 14.2. The smallest absolute Gasteiger partial charge is 0.274 e. The number of anilines is 1. The predicted molar refractivity (Wildman–Crippen MR) is 109 cm³/mol. The molecule has 0 unspecified atom stereocenters. The summed E-state index contributed by atoms with van der Waals surface area (Å²) in [5.74, 6) is 0.398. The number of benzene rings is 1. The Bertz CT molecular complexity index is 1060. The van der Waals surface area contributed by atoms with Crippen molar-refractivity contribution in [3.63, 3.8) is 0 Å². The number of carbonyl (C=O) groups excluding carboxylic acids is 1. The molecule has 1 fully saturated rings. The van der Waals surface area contributed by atoms with Gasteiger partial charge in [0.05, 0.1) is 19.8 Å². The third-order valence-electron chi connectivity index (χ3n) is 4.45. The van der Waals surface area contributed by atoms with Gasteiger partial charge in [-0.2, -0.15) is 9.50 Å². The highest BCUT2D eigenvalue weighted by Crippen LogP contribution is 2.23. The molecule has 9 nitrogen and oxygen atoms in total. The lowest BCUT2D eigenvalue weighted by molar-refractivity contribution is 0.0943. The van der Waals surface area contributed by atoms with Gasteiger partial charge in [-0.15, -0.1) is 5.10 Å². The first-order chi connectivity index (χ1) is 14.1. The van der Waals surface area contributed by atoms with Crippen LogP contribution in [-0.2, 0) is 11.3 Å². The van der Waals surface area contributed by atoms with Crippen LogP contribution in [0.3, 0.4) is 0 Å². The third kappa shape index (κ3) is 4.38. The van der Waals surface area contributed by atoms with Gasteiger partial charge in [-0.1, -0.05) is 23.5 Å². The number of rotatable bonds is 6. The van der Waals surface area contributed by atoms with E-state index >= 15 is 0 Å². The van der Waals surface area contributed by atoms with Crippen molar-refractivity contribution in [3.05, 3.63) is 51.9 Å². The second kappa shape index (κ2) is 8.58. The highest BCUT2D eigenvalue weighted by atomic mass is 32.1. The Morgan fingerprint density at radius 2 is 2.03 bits per heavy atom. The maximum Gasteiger partial charge on any atom is 0.274 e. The Hall–Kier alpha value is -2.98. The Kier molecular flexibility index (Phi) is 5.72. The summed E-state index contributed by atoms with van der Waals surface area (Å²) in [6.45, 7) is 5.52. The third-order valence-corrected chi connectivity index (χ3v) is 5.41. The molecule has 1 aliphatic heterocycles. The van der Waals surface area contributed by atoms with Crippen LogP contribution in [0.1, 0.15) is 23.0 Å². The summed E-state index contributed by atoms with van der Waals surface area (Å²) in [6.07, 6.45) is 0. The van der Waals surface area contributed by atoms with Crippen molar-refractivity contribution in [1.82, 2.24) is 19.9 Å². The zero-order chi connectivity index (χ0) is 20.2. The largest absolute Gasteiger partial charge is 0.494 e. The first-order valence-corrected chi connectivity index (χ1v) is 10.2. The fourth-order valence-corrected chi connectivity index (χ4v) is 3.95. The Balaban J connectivity index is 1.53. The Labute approximate surface area is 170 Å². The van der Waals surface area contributed by atoms with Crippen molar-refractivity contribution in [2.75, 3.05) is 37.8 Å². The van der Waals surface area contributed by atoms with E-state index in [-0.39, 0.29) is 11.6 Å². The number of amides is 1. The van der Waals surface area contributed by atoms with Gasteiger partial charge >= 0.3 is 0 Å². The van der Waals surface area contributed by atoms with E-state index in [1.54, 1.807) is 0 Å². The number of hydrogen-bond donors (Lipinski definition) is 1. The molecule has 0 bridgehead atoms. The van der Waals surface area contributed by atoms with Gasteiger partial charge in [-0.25, -0.2) is 0 Å². The van der Waals surface area contributed by atoms with Crippen LogP contribution >= 0.6 is 11.3 Å². The summed E-state index contributed by atoms with van der Waals surface area (Å²) in [4.78, 5) is 31.2. The summed E-state index contributed by atoms with van der Waals surface area (Å²) in [7, 11) is 0. The molecular weight excluding hydrogens is 394 g/mol. The molecule has 4 rings (SSSR count). The number of hydrogen-bond acceptors (Lipinski definition) is 8. The van der Waals surface area contributed by atoms with Crippen LogP contribution in [0.2, 0.25) is 0 Å². The molecule has 1 aliphatic rings. The highest BCUT2D eigenvalue weighted by molar-refractivity contribution is 7.20. The van der Waals surface area contributed by atoms with Crippen LogP contribution in [0.15, 0.2) is 35.1 Å². The van der Waals surface area contributed by atoms with Crippen molar-refractivity contribution in [2.45, 2.75) is 13.5 Å². The molecule has 0 atom stereocenters. The summed E-state index contributed by atoms with van der Waals surface area (Å²) in [5, 5.41) is 8.07. The second-order valence-corrected chi connectivity index (χ2v) is 7.35. The Morgan fingerprint density at radius 3 is 2.76 bits per heavy atom. The molecule has 1 aromatic carbocycles. The molecule has 0 radical (unpaired) electrons. The van der Waals surface area contributed by atoms with Crippen molar-refractivity contribution < 1.29 is 14.3 Å². The van der Waals surface area contributed by atoms with Crippen LogP contribution in [0.4, 0.5) is 5.13 Å². The van der Waals surface area contributed by atoms with E-state index in [1.165, 1.54) is 21.9 Å². The van der Waals surface area contributed by atoms with Gasteiger partial charge < -0.3 is 19.7 Å². The minimum absolute atomic E-state index is 0.168. The second-order valence-electron chi connectivity index (χ2n) is 6.42. The fraction of sp³-hybridized carbons (Fsp3) is 0.368. The molecule has 152 valence electrons. The maximum absolute atomic E-state index is 12.7. The molecule has 3 aromatic rings. The number of carbonyl (C=O) groups is 1. The lowest BCUT2D eigenvalue weighted by Gasteiger charge is -2.25. The van der Waals surface area contributed by atoms with Crippen molar-refractivity contribution in [2.24, 2.45) is 0 Å². The number of nitrogens with one attached hydrogen (secondary N) is 1. The van der Waals surface area contributed by atoms with Crippen LogP contribution in [-0.4, -0.2) is 53.4 Å². The number of ether oxygens (including phenoxy) is 2. The van der Waals surface area contributed by atoms with Crippen LogP contribution in [0, 0.1) is 0 Å². The van der Waals surface area contributed by atoms with E-state index in [9.17, 15) is 9.59 Å². The zero-order valence-corrected chi connectivity index (χ0v) is 16.8. The van der Waals surface area contributed by atoms with Crippen LogP contribution in [0.5, 0.6) is 5.75 Å². The SMILES string of the molecule is CCOc1ccc(CNC(=O)c2cc(=O)nc3sc(N4CCOCC4)nn23)cc1. The number of aromatic nitrogens is 3. The van der Waals surface area contributed by atoms with E-state index in [0.717, 1.165) is 11.3 Å².